The lowest BCUT2D eigenvalue weighted by molar-refractivity contribution is -0.116. The van der Waals surface area contributed by atoms with E-state index in [1.54, 1.807) is 0 Å². The van der Waals surface area contributed by atoms with Crippen molar-refractivity contribution in [3.63, 3.8) is 0 Å². The Kier molecular flexibility index (Phi) is 7.56. The van der Waals surface area contributed by atoms with Crippen LogP contribution >= 0.6 is 12.4 Å². The molecule has 2 aliphatic rings. The number of anilines is 1. The van der Waals surface area contributed by atoms with Gasteiger partial charge in [0.1, 0.15) is 5.82 Å². The Morgan fingerprint density at radius 2 is 1.96 bits per heavy atom. The van der Waals surface area contributed by atoms with E-state index in [2.05, 4.69) is 21.8 Å². The standard InChI is InChI=1S/C18H30N4O.ClH/c1-22-17(13-16(21-22)15-5-3-2-4-6-15)20-18(23)8-7-14-9-11-19-12-10-14;/h13-15,19H,2-12H2,1H3,(H,20,23);1H. The van der Waals surface area contributed by atoms with E-state index in [0.29, 0.717) is 18.3 Å². The number of nitrogens with zero attached hydrogens (tertiary/aromatic N) is 2. The number of piperidine rings is 1. The van der Waals surface area contributed by atoms with E-state index in [9.17, 15) is 4.79 Å². The zero-order valence-electron chi connectivity index (χ0n) is 14.7. The van der Waals surface area contributed by atoms with E-state index >= 15 is 0 Å². The molecule has 0 atom stereocenters. The highest BCUT2D eigenvalue weighted by Crippen LogP contribution is 2.32. The van der Waals surface area contributed by atoms with Crippen LogP contribution in [0.5, 0.6) is 0 Å². The maximum atomic E-state index is 12.2. The lowest BCUT2D eigenvalue weighted by atomic mass is 9.87. The second kappa shape index (κ2) is 9.42. The topological polar surface area (TPSA) is 59.0 Å². The minimum Gasteiger partial charge on any atom is -0.317 e. The molecule has 6 heteroatoms. The van der Waals surface area contributed by atoms with Crippen LogP contribution in [0.25, 0.3) is 0 Å². The minimum atomic E-state index is 0. The second-order valence-corrected chi connectivity index (χ2v) is 7.19. The van der Waals surface area contributed by atoms with Gasteiger partial charge >= 0.3 is 0 Å². The van der Waals surface area contributed by atoms with Gasteiger partial charge in [0.15, 0.2) is 0 Å². The molecule has 0 aromatic carbocycles. The molecule has 5 nitrogen and oxygen atoms in total. The molecule has 1 amide bonds. The smallest absolute Gasteiger partial charge is 0.225 e. The summed E-state index contributed by atoms with van der Waals surface area (Å²) < 4.78 is 1.83. The molecular weight excluding hydrogens is 324 g/mol. The first-order valence-corrected chi connectivity index (χ1v) is 9.27. The van der Waals surface area contributed by atoms with Gasteiger partial charge in [0.2, 0.25) is 5.91 Å². The fourth-order valence-electron chi connectivity index (χ4n) is 3.92. The highest BCUT2D eigenvalue weighted by Gasteiger charge is 2.20. The zero-order valence-corrected chi connectivity index (χ0v) is 15.5. The number of amides is 1. The second-order valence-electron chi connectivity index (χ2n) is 7.19. The molecule has 2 fully saturated rings. The SMILES string of the molecule is Cl.Cn1nc(C2CCCCC2)cc1NC(=O)CCC1CCNCC1. The van der Waals surface area contributed by atoms with Crippen molar-refractivity contribution in [2.45, 2.75) is 63.7 Å². The van der Waals surface area contributed by atoms with Gasteiger partial charge in [0, 0.05) is 25.5 Å². The summed E-state index contributed by atoms with van der Waals surface area (Å²) in [6.07, 6.45) is 10.5. The van der Waals surface area contributed by atoms with Crippen molar-refractivity contribution in [2.24, 2.45) is 13.0 Å². The van der Waals surface area contributed by atoms with Gasteiger partial charge in [-0.15, -0.1) is 12.4 Å². The summed E-state index contributed by atoms with van der Waals surface area (Å²) in [6, 6.07) is 2.08. The first-order chi connectivity index (χ1) is 11.2. The van der Waals surface area contributed by atoms with Crippen LogP contribution in [0.15, 0.2) is 6.07 Å². The third kappa shape index (κ3) is 5.21. The molecule has 1 saturated carbocycles. The molecule has 3 rings (SSSR count). The number of aromatic nitrogens is 2. The molecule has 136 valence electrons. The van der Waals surface area contributed by atoms with Gasteiger partial charge < -0.3 is 10.6 Å². The van der Waals surface area contributed by atoms with Crippen molar-refractivity contribution in [3.8, 4) is 0 Å². The summed E-state index contributed by atoms with van der Waals surface area (Å²) in [5.74, 6) is 2.25. The molecule has 1 aromatic heterocycles. The largest absolute Gasteiger partial charge is 0.317 e. The maximum absolute atomic E-state index is 12.2. The number of halogens is 1. The van der Waals surface area contributed by atoms with Crippen LogP contribution in [0, 0.1) is 5.92 Å². The Balaban J connectivity index is 0.00000208. The fourth-order valence-corrected chi connectivity index (χ4v) is 3.92. The van der Waals surface area contributed by atoms with E-state index in [0.717, 1.165) is 31.0 Å². The molecule has 0 radical (unpaired) electrons. The van der Waals surface area contributed by atoms with E-state index < -0.39 is 0 Å². The molecule has 2 heterocycles. The summed E-state index contributed by atoms with van der Waals surface area (Å²) in [7, 11) is 1.93. The van der Waals surface area contributed by atoms with Gasteiger partial charge in [-0.2, -0.15) is 5.10 Å². The normalized spacial score (nSPS) is 19.7. The first-order valence-electron chi connectivity index (χ1n) is 9.27. The summed E-state index contributed by atoms with van der Waals surface area (Å²) >= 11 is 0. The minimum absolute atomic E-state index is 0. The monoisotopic (exact) mass is 354 g/mol. The van der Waals surface area contributed by atoms with Gasteiger partial charge in [0.25, 0.3) is 0 Å². The molecular formula is C18H31ClN4O. The molecule has 1 aliphatic heterocycles. The number of hydrogen-bond acceptors (Lipinski definition) is 3. The Hall–Kier alpha value is -1.07. The Morgan fingerprint density at radius 3 is 2.67 bits per heavy atom. The van der Waals surface area contributed by atoms with E-state index in [-0.39, 0.29) is 18.3 Å². The van der Waals surface area contributed by atoms with Crippen molar-refractivity contribution in [1.82, 2.24) is 15.1 Å². The lowest BCUT2D eigenvalue weighted by Crippen LogP contribution is -2.28. The van der Waals surface area contributed by atoms with Crippen molar-refractivity contribution < 1.29 is 4.79 Å². The van der Waals surface area contributed by atoms with Crippen LogP contribution in [0.2, 0.25) is 0 Å². The predicted octanol–water partition coefficient (Wildman–Crippen LogP) is 3.61. The van der Waals surface area contributed by atoms with Crippen molar-refractivity contribution in [1.29, 1.82) is 0 Å². The molecule has 0 spiro atoms. The van der Waals surface area contributed by atoms with Crippen molar-refractivity contribution in [3.05, 3.63) is 11.8 Å². The maximum Gasteiger partial charge on any atom is 0.225 e. The summed E-state index contributed by atoms with van der Waals surface area (Å²) in [5, 5.41) is 11.1. The molecule has 2 N–H and O–H groups in total. The lowest BCUT2D eigenvalue weighted by Gasteiger charge is -2.22. The van der Waals surface area contributed by atoms with Gasteiger partial charge in [0.05, 0.1) is 5.69 Å². The predicted molar refractivity (Wildman–Crippen MR) is 99.7 cm³/mol. The van der Waals surface area contributed by atoms with Gasteiger partial charge in [-0.1, -0.05) is 19.3 Å². The molecule has 0 bridgehead atoms. The van der Waals surface area contributed by atoms with Crippen molar-refractivity contribution in [2.75, 3.05) is 18.4 Å². The quantitative estimate of drug-likeness (QED) is 0.849. The van der Waals surface area contributed by atoms with Crippen LogP contribution in [0.1, 0.15) is 69.4 Å². The highest BCUT2D eigenvalue weighted by atomic mass is 35.5. The third-order valence-electron chi connectivity index (χ3n) is 5.43. The Labute approximate surface area is 151 Å². The zero-order chi connectivity index (χ0) is 16.1. The van der Waals surface area contributed by atoms with Gasteiger partial charge in [-0.05, 0) is 51.1 Å². The Bertz CT molecular complexity index is 519. The summed E-state index contributed by atoms with van der Waals surface area (Å²) in [6.45, 7) is 2.19. The molecule has 1 aromatic rings. The van der Waals surface area contributed by atoms with Crippen LogP contribution < -0.4 is 10.6 Å². The number of aryl methyl sites for hydroxylation is 1. The van der Waals surface area contributed by atoms with Crippen LogP contribution in [0.3, 0.4) is 0 Å². The van der Waals surface area contributed by atoms with Crippen LogP contribution in [0.4, 0.5) is 5.82 Å². The van der Waals surface area contributed by atoms with E-state index in [1.165, 1.54) is 44.9 Å². The van der Waals surface area contributed by atoms with Gasteiger partial charge in [-0.25, -0.2) is 0 Å². The first kappa shape index (κ1) is 19.3. The number of hydrogen-bond donors (Lipinski definition) is 2. The van der Waals surface area contributed by atoms with E-state index in [4.69, 9.17) is 0 Å². The average molecular weight is 355 g/mol. The average Bonchev–Trinajstić information content (AvgIpc) is 2.95. The van der Waals surface area contributed by atoms with Gasteiger partial charge in [-0.3, -0.25) is 9.48 Å². The van der Waals surface area contributed by atoms with Crippen LogP contribution in [-0.4, -0.2) is 28.8 Å². The number of nitrogens with one attached hydrogen (secondary N) is 2. The van der Waals surface area contributed by atoms with Crippen molar-refractivity contribution >= 4 is 24.1 Å². The van der Waals surface area contributed by atoms with E-state index in [1.807, 2.05) is 11.7 Å². The Morgan fingerprint density at radius 1 is 1.25 bits per heavy atom. The fraction of sp³-hybridized carbons (Fsp3) is 0.778. The number of carbonyl (C=O) groups is 1. The number of rotatable bonds is 5. The summed E-state index contributed by atoms with van der Waals surface area (Å²) in [4.78, 5) is 12.2. The third-order valence-corrected chi connectivity index (χ3v) is 5.43. The number of carbonyl (C=O) groups excluding carboxylic acids is 1. The summed E-state index contributed by atoms with van der Waals surface area (Å²) in [5.41, 5.74) is 1.15. The molecule has 0 unspecified atom stereocenters. The van der Waals surface area contributed by atoms with Crippen LogP contribution in [-0.2, 0) is 11.8 Å². The molecule has 1 saturated heterocycles. The molecule has 1 aliphatic carbocycles. The molecule has 24 heavy (non-hydrogen) atoms. The highest BCUT2D eigenvalue weighted by molar-refractivity contribution is 5.89.